The van der Waals surface area contributed by atoms with Crippen LogP contribution < -0.4 is 10.6 Å². The summed E-state index contributed by atoms with van der Waals surface area (Å²) in [5.41, 5.74) is 0. The van der Waals surface area contributed by atoms with Gasteiger partial charge < -0.3 is 23.9 Å². The highest BCUT2D eigenvalue weighted by Gasteiger charge is 2.36. The van der Waals surface area contributed by atoms with Crippen LogP contribution in [0.3, 0.4) is 0 Å². The standard InChI is InChI=1S/C11H26N2O3Si/c1-5-7-12-9-10-13-8-6-11-17(14-2,15-3)16-4/h5,7,12-13H,6,8-11H2,1-4H3/b7-5+. The lowest BCUT2D eigenvalue weighted by molar-refractivity contribution is 0.123. The van der Waals surface area contributed by atoms with Crippen LogP contribution in [0.5, 0.6) is 0 Å². The minimum Gasteiger partial charge on any atom is -0.390 e. The van der Waals surface area contributed by atoms with Crippen molar-refractivity contribution in [3.8, 4) is 0 Å². The van der Waals surface area contributed by atoms with Gasteiger partial charge in [-0.3, -0.25) is 0 Å². The Morgan fingerprint density at radius 1 is 1.00 bits per heavy atom. The Labute approximate surface area is 106 Å². The van der Waals surface area contributed by atoms with Crippen LogP contribution in [0.2, 0.25) is 6.04 Å². The molecule has 0 saturated carbocycles. The van der Waals surface area contributed by atoms with E-state index in [4.69, 9.17) is 13.3 Å². The van der Waals surface area contributed by atoms with E-state index >= 15 is 0 Å². The van der Waals surface area contributed by atoms with Gasteiger partial charge in [0.25, 0.3) is 0 Å². The Morgan fingerprint density at radius 3 is 2.18 bits per heavy atom. The molecule has 0 aromatic heterocycles. The monoisotopic (exact) mass is 262 g/mol. The zero-order valence-electron chi connectivity index (χ0n) is 11.4. The molecule has 0 rings (SSSR count). The normalized spacial score (nSPS) is 12.2. The molecule has 0 saturated heterocycles. The fourth-order valence-corrected chi connectivity index (χ4v) is 3.19. The molecule has 102 valence electrons. The van der Waals surface area contributed by atoms with Gasteiger partial charge in [-0.05, 0) is 26.1 Å². The lowest BCUT2D eigenvalue weighted by Gasteiger charge is -2.24. The number of nitrogens with one attached hydrogen (secondary N) is 2. The summed E-state index contributed by atoms with van der Waals surface area (Å²) < 4.78 is 16.0. The summed E-state index contributed by atoms with van der Waals surface area (Å²) >= 11 is 0. The molecule has 0 fully saturated rings. The fourth-order valence-electron chi connectivity index (χ4n) is 1.47. The first kappa shape index (κ1) is 16.6. The topological polar surface area (TPSA) is 51.8 Å². The van der Waals surface area contributed by atoms with Crippen LogP contribution in [0, 0.1) is 0 Å². The highest BCUT2D eigenvalue weighted by atomic mass is 28.4. The summed E-state index contributed by atoms with van der Waals surface area (Å²) in [4.78, 5) is 0. The second kappa shape index (κ2) is 10.7. The van der Waals surface area contributed by atoms with Gasteiger partial charge in [-0.25, -0.2) is 0 Å². The van der Waals surface area contributed by atoms with Gasteiger partial charge in [-0.15, -0.1) is 0 Å². The van der Waals surface area contributed by atoms with Gasteiger partial charge in [0, 0.05) is 40.5 Å². The van der Waals surface area contributed by atoms with Crippen molar-refractivity contribution in [3.05, 3.63) is 12.3 Å². The van der Waals surface area contributed by atoms with Gasteiger partial charge in [-0.2, -0.15) is 0 Å². The molecule has 0 amide bonds. The summed E-state index contributed by atoms with van der Waals surface area (Å²) in [5.74, 6) is 0. The van der Waals surface area contributed by atoms with Crippen LogP contribution in [0.25, 0.3) is 0 Å². The molecule has 0 radical (unpaired) electrons. The number of rotatable bonds is 11. The Morgan fingerprint density at radius 2 is 1.65 bits per heavy atom. The van der Waals surface area contributed by atoms with E-state index in [1.54, 1.807) is 21.3 Å². The average molecular weight is 262 g/mol. The second-order valence-corrected chi connectivity index (χ2v) is 6.69. The Kier molecular flexibility index (Phi) is 10.5. The van der Waals surface area contributed by atoms with Crippen molar-refractivity contribution in [1.82, 2.24) is 10.6 Å². The molecule has 17 heavy (non-hydrogen) atoms. The molecule has 0 unspecified atom stereocenters. The second-order valence-electron chi connectivity index (χ2n) is 3.60. The summed E-state index contributed by atoms with van der Waals surface area (Å²) in [6.45, 7) is 4.82. The van der Waals surface area contributed by atoms with Crippen LogP contribution in [0.1, 0.15) is 13.3 Å². The zero-order valence-corrected chi connectivity index (χ0v) is 12.4. The molecule has 0 aromatic carbocycles. The number of allylic oxidation sites excluding steroid dienone is 1. The summed E-state index contributed by atoms with van der Waals surface area (Å²) in [6, 6.07) is 0.839. The van der Waals surface area contributed by atoms with Crippen LogP contribution in [0.15, 0.2) is 12.3 Å². The Bertz CT molecular complexity index is 191. The average Bonchev–Trinajstić information content (AvgIpc) is 2.38. The maximum absolute atomic E-state index is 5.34. The SMILES string of the molecule is C/C=C/NCCNCCC[Si](OC)(OC)OC. The minimum atomic E-state index is -2.37. The van der Waals surface area contributed by atoms with Crippen molar-refractivity contribution >= 4 is 8.80 Å². The van der Waals surface area contributed by atoms with Crippen LogP contribution in [0.4, 0.5) is 0 Å². The van der Waals surface area contributed by atoms with Crippen molar-refractivity contribution < 1.29 is 13.3 Å². The van der Waals surface area contributed by atoms with E-state index in [1.807, 2.05) is 19.2 Å². The van der Waals surface area contributed by atoms with E-state index in [1.165, 1.54) is 0 Å². The summed E-state index contributed by atoms with van der Waals surface area (Å²) in [7, 11) is 2.57. The first-order chi connectivity index (χ1) is 8.24. The van der Waals surface area contributed by atoms with Crippen molar-refractivity contribution in [3.63, 3.8) is 0 Å². The van der Waals surface area contributed by atoms with E-state index < -0.39 is 8.80 Å². The predicted molar refractivity (Wildman–Crippen MR) is 71.9 cm³/mol. The quantitative estimate of drug-likeness (QED) is 0.429. The Balaban J connectivity index is 3.49. The largest absolute Gasteiger partial charge is 0.500 e. The number of hydrogen-bond acceptors (Lipinski definition) is 5. The molecule has 0 aromatic rings. The van der Waals surface area contributed by atoms with Gasteiger partial charge in [0.2, 0.25) is 0 Å². The molecule has 5 nitrogen and oxygen atoms in total. The highest BCUT2D eigenvalue weighted by Crippen LogP contribution is 2.14. The van der Waals surface area contributed by atoms with Crippen molar-refractivity contribution in [2.24, 2.45) is 0 Å². The third-order valence-corrected chi connectivity index (χ3v) is 5.33. The molecule has 0 aliphatic rings. The Hall–Kier alpha value is -0.403. The van der Waals surface area contributed by atoms with Gasteiger partial charge in [0.1, 0.15) is 0 Å². The molecule has 0 bridgehead atoms. The van der Waals surface area contributed by atoms with E-state index in [-0.39, 0.29) is 0 Å². The molecule has 0 aliphatic carbocycles. The van der Waals surface area contributed by atoms with E-state index in [9.17, 15) is 0 Å². The smallest absolute Gasteiger partial charge is 0.390 e. The molecule has 0 atom stereocenters. The van der Waals surface area contributed by atoms with Crippen molar-refractivity contribution in [1.29, 1.82) is 0 Å². The van der Waals surface area contributed by atoms with Crippen molar-refractivity contribution in [2.75, 3.05) is 41.0 Å². The van der Waals surface area contributed by atoms with E-state index in [0.717, 1.165) is 32.1 Å². The molecule has 0 heterocycles. The van der Waals surface area contributed by atoms with E-state index in [2.05, 4.69) is 10.6 Å². The van der Waals surface area contributed by atoms with Gasteiger partial charge in [0.05, 0.1) is 0 Å². The van der Waals surface area contributed by atoms with Gasteiger partial charge >= 0.3 is 8.80 Å². The maximum Gasteiger partial charge on any atom is 0.500 e. The molecule has 2 N–H and O–H groups in total. The lowest BCUT2D eigenvalue weighted by atomic mass is 10.4. The van der Waals surface area contributed by atoms with Crippen LogP contribution in [-0.2, 0) is 13.3 Å². The fraction of sp³-hybridized carbons (Fsp3) is 0.818. The van der Waals surface area contributed by atoms with Crippen molar-refractivity contribution in [2.45, 2.75) is 19.4 Å². The van der Waals surface area contributed by atoms with Gasteiger partial charge in [0.15, 0.2) is 0 Å². The maximum atomic E-state index is 5.34. The zero-order chi connectivity index (χ0) is 13.0. The lowest BCUT2D eigenvalue weighted by Crippen LogP contribution is -2.43. The molecule has 6 heteroatoms. The van der Waals surface area contributed by atoms with Crippen LogP contribution in [-0.4, -0.2) is 49.8 Å². The predicted octanol–water partition coefficient (Wildman–Crippen LogP) is 0.967. The summed E-state index contributed by atoms with van der Waals surface area (Å²) in [6.07, 6.45) is 4.92. The molecule has 0 spiro atoms. The molecular weight excluding hydrogens is 236 g/mol. The molecule has 0 aliphatic heterocycles. The highest BCUT2D eigenvalue weighted by molar-refractivity contribution is 6.60. The van der Waals surface area contributed by atoms with Crippen LogP contribution >= 0.6 is 0 Å². The first-order valence-electron chi connectivity index (χ1n) is 5.95. The summed E-state index contributed by atoms with van der Waals surface area (Å²) in [5, 5.41) is 6.52. The van der Waals surface area contributed by atoms with E-state index in [0.29, 0.717) is 0 Å². The third-order valence-electron chi connectivity index (χ3n) is 2.50. The minimum absolute atomic E-state index is 0.839. The number of hydrogen-bond donors (Lipinski definition) is 2. The molecular formula is C11H26N2O3Si. The van der Waals surface area contributed by atoms with Gasteiger partial charge in [-0.1, -0.05) is 6.08 Å². The first-order valence-corrected chi connectivity index (χ1v) is 7.88. The third kappa shape index (κ3) is 7.51.